The first kappa shape index (κ1) is 19.5. The summed E-state index contributed by atoms with van der Waals surface area (Å²) in [6.45, 7) is 2.29. The molecule has 1 unspecified atom stereocenters. The minimum Gasteiger partial charge on any atom is -0.497 e. The molecular formula is C24H28N2O3. The molecule has 5 heteroatoms. The van der Waals surface area contributed by atoms with Crippen molar-refractivity contribution < 1.29 is 14.3 Å². The number of carbonyl (C=O) groups is 2. The lowest BCUT2D eigenvalue weighted by molar-refractivity contribution is -0.136. The average molecular weight is 392 g/mol. The fraction of sp³-hybridized carbons (Fsp3) is 0.417. The minimum absolute atomic E-state index is 0.0531. The van der Waals surface area contributed by atoms with Gasteiger partial charge in [0.25, 0.3) is 5.91 Å². The van der Waals surface area contributed by atoms with Crippen LogP contribution in [0.25, 0.3) is 11.1 Å². The van der Waals surface area contributed by atoms with Crippen molar-refractivity contribution >= 4 is 11.8 Å². The van der Waals surface area contributed by atoms with Crippen molar-refractivity contribution in [3.05, 3.63) is 54.1 Å². The summed E-state index contributed by atoms with van der Waals surface area (Å²) in [7, 11) is 1.64. The molecule has 0 spiro atoms. The molecule has 2 aromatic carbocycles. The lowest BCUT2D eigenvalue weighted by atomic mass is 10.0. The second-order valence-corrected chi connectivity index (χ2v) is 7.86. The molecular weight excluding hydrogens is 364 g/mol. The third-order valence-electron chi connectivity index (χ3n) is 5.98. The fourth-order valence-electron chi connectivity index (χ4n) is 4.39. The van der Waals surface area contributed by atoms with Crippen molar-refractivity contribution in [1.82, 2.24) is 9.80 Å². The zero-order valence-corrected chi connectivity index (χ0v) is 17.0. The summed E-state index contributed by atoms with van der Waals surface area (Å²) < 4.78 is 5.32. The van der Waals surface area contributed by atoms with Crippen LogP contribution in [0.1, 0.15) is 42.5 Å². The lowest BCUT2D eigenvalue weighted by Crippen LogP contribution is -2.49. The third kappa shape index (κ3) is 4.14. The van der Waals surface area contributed by atoms with Gasteiger partial charge in [-0.05, 0) is 67.5 Å². The molecule has 0 aliphatic carbocycles. The van der Waals surface area contributed by atoms with Crippen molar-refractivity contribution in [3.8, 4) is 16.9 Å². The highest BCUT2D eigenvalue weighted by molar-refractivity contribution is 5.99. The largest absolute Gasteiger partial charge is 0.497 e. The van der Waals surface area contributed by atoms with Gasteiger partial charge in [-0.3, -0.25) is 9.59 Å². The molecule has 2 aliphatic rings. The van der Waals surface area contributed by atoms with Gasteiger partial charge in [-0.25, -0.2) is 0 Å². The van der Waals surface area contributed by atoms with Gasteiger partial charge in [-0.2, -0.15) is 0 Å². The number of piperidine rings is 1. The van der Waals surface area contributed by atoms with Crippen LogP contribution < -0.4 is 4.74 Å². The molecule has 2 amide bonds. The Morgan fingerprint density at radius 3 is 2.38 bits per heavy atom. The van der Waals surface area contributed by atoms with Gasteiger partial charge in [-0.15, -0.1) is 0 Å². The predicted molar refractivity (Wildman–Crippen MR) is 113 cm³/mol. The van der Waals surface area contributed by atoms with Crippen molar-refractivity contribution in [3.63, 3.8) is 0 Å². The Labute approximate surface area is 172 Å². The van der Waals surface area contributed by atoms with E-state index in [9.17, 15) is 9.59 Å². The van der Waals surface area contributed by atoms with E-state index in [2.05, 4.69) is 0 Å². The van der Waals surface area contributed by atoms with E-state index in [0.29, 0.717) is 12.1 Å². The first-order chi connectivity index (χ1) is 14.2. The van der Waals surface area contributed by atoms with Gasteiger partial charge in [0.1, 0.15) is 11.8 Å². The molecule has 0 radical (unpaired) electrons. The van der Waals surface area contributed by atoms with Crippen LogP contribution in [0.4, 0.5) is 0 Å². The first-order valence-electron chi connectivity index (χ1n) is 10.5. The van der Waals surface area contributed by atoms with E-state index in [-0.39, 0.29) is 17.9 Å². The normalized spacial score (nSPS) is 19.3. The standard InChI is InChI=1S/C24H28N2O3/c1-29-21-11-6-9-19(17-21)18-8-5-10-20(16-18)23(27)26-15-7-12-22(26)24(28)25-13-3-2-4-14-25/h5-6,8-11,16-17,22H,2-4,7,12-15H2,1H3. The zero-order chi connectivity index (χ0) is 20.2. The van der Waals surface area contributed by atoms with Crippen LogP contribution in [-0.4, -0.2) is 54.4 Å². The molecule has 2 heterocycles. The van der Waals surface area contributed by atoms with Crippen LogP contribution in [0.2, 0.25) is 0 Å². The van der Waals surface area contributed by atoms with Crippen LogP contribution >= 0.6 is 0 Å². The Morgan fingerprint density at radius 1 is 0.897 bits per heavy atom. The third-order valence-corrected chi connectivity index (χ3v) is 5.98. The van der Waals surface area contributed by atoms with Gasteiger partial charge in [-0.1, -0.05) is 24.3 Å². The zero-order valence-electron chi connectivity index (χ0n) is 17.0. The number of likely N-dealkylation sites (tertiary alicyclic amines) is 2. The van der Waals surface area contributed by atoms with E-state index in [1.807, 2.05) is 53.4 Å². The van der Waals surface area contributed by atoms with E-state index in [1.165, 1.54) is 6.42 Å². The molecule has 5 nitrogen and oxygen atoms in total. The number of nitrogens with zero attached hydrogens (tertiary/aromatic N) is 2. The van der Waals surface area contributed by atoms with Crippen molar-refractivity contribution in [2.45, 2.75) is 38.1 Å². The number of carbonyl (C=O) groups excluding carboxylic acids is 2. The minimum atomic E-state index is -0.318. The Hall–Kier alpha value is -2.82. The molecule has 29 heavy (non-hydrogen) atoms. The SMILES string of the molecule is COc1cccc(-c2cccc(C(=O)N3CCCC3C(=O)N3CCCCC3)c2)c1. The molecule has 2 saturated heterocycles. The Morgan fingerprint density at radius 2 is 1.62 bits per heavy atom. The molecule has 2 fully saturated rings. The van der Waals surface area contributed by atoms with Gasteiger partial charge in [0.15, 0.2) is 0 Å². The van der Waals surface area contributed by atoms with Crippen molar-refractivity contribution in [2.75, 3.05) is 26.7 Å². The number of amides is 2. The highest BCUT2D eigenvalue weighted by Crippen LogP contribution is 2.27. The molecule has 2 aliphatic heterocycles. The van der Waals surface area contributed by atoms with E-state index in [0.717, 1.165) is 55.6 Å². The van der Waals surface area contributed by atoms with Crippen LogP contribution in [0, 0.1) is 0 Å². The van der Waals surface area contributed by atoms with Gasteiger partial charge >= 0.3 is 0 Å². The fourth-order valence-corrected chi connectivity index (χ4v) is 4.39. The number of hydrogen-bond acceptors (Lipinski definition) is 3. The first-order valence-corrected chi connectivity index (χ1v) is 10.5. The Balaban J connectivity index is 1.54. The topological polar surface area (TPSA) is 49.9 Å². The maximum Gasteiger partial charge on any atom is 0.254 e. The molecule has 0 saturated carbocycles. The number of benzene rings is 2. The van der Waals surface area contributed by atoms with E-state index < -0.39 is 0 Å². The molecule has 2 aromatic rings. The number of methoxy groups -OCH3 is 1. The second kappa shape index (κ2) is 8.68. The van der Waals surface area contributed by atoms with Gasteiger partial charge in [0, 0.05) is 25.2 Å². The summed E-state index contributed by atoms with van der Waals surface area (Å²) in [4.78, 5) is 30.0. The lowest BCUT2D eigenvalue weighted by Gasteiger charge is -2.32. The van der Waals surface area contributed by atoms with Crippen LogP contribution in [0.15, 0.2) is 48.5 Å². The quantitative estimate of drug-likeness (QED) is 0.791. The van der Waals surface area contributed by atoms with Crippen molar-refractivity contribution in [1.29, 1.82) is 0 Å². The summed E-state index contributed by atoms with van der Waals surface area (Å²) in [6, 6.07) is 15.1. The van der Waals surface area contributed by atoms with Gasteiger partial charge < -0.3 is 14.5 Å². The maximum absolute atomic E-state index is 13.3. The molecule has 0 N–H and O–H groups in total. The van der Waals surface area contributed by atoms with E-state index in [1.54, 1.807) is 12.0 Å². The predicted octanol–water partition coefficient (Wildman–Crippen LogP) is 3.98. The molecule has 4 rings (SSSR count). The second-order valence-electron chi connectivity index (χ2n) is 7.86. The van der Waals surface area contributed by atoms with E-state index >= 15 is 0 Å². The highest BCUT2D eigenvalue weighted by Gasteiger charge is 2.37. The number of hydrogen-bond donors (Lipinski definition) is 0. The summed E-state index contributed by atoms with van der Waals surface area (Å²) in [6.07, 6.45) is 4.96. The van der Waals surface area contributed by atoms with Crippen molar-refractivity contribution in [2.24, 2.45) is 0 Å². The summed E-state index contributed by atoms with van der Waals surface area (Å²) in [5.74, 6) is 0.855. The van der Waals surface area contributed by atoms with E-state index in [4.69, 9.17) is 4.74 Å². The number of rotatable bonds is 4. The summed E-state index contributed by atoms with van der Waals surface area (Å²) in [5.41, 5.74) is 2.60. The van der Waals surface area contributed by atoms with Gasteiger partial charge in [0.2, 0.25) is 5.91 Å². The van der Waals surface area contributed by atoms with Crippen LogP contribution in [0.3, 0.4) is 0 Å². The summed E-state index contributed by atoms with van der Waals surface area (Å²) >= 11 is 0. The number of ether oxygens (including phenoxy) is 1. The molecule has 1 atom stereocenters. The Bertz CT molecular complexity index is 889. The summed E-state index contributed by atoms with van der Waals surface area (Å²) in [5, 5.41) is 0. The average Bonchev–Trinajstić information content (AvgIpc) is 3.28. The molecule has 0 aromatic heterocycles. The monoisotopic (exact) mass is 392 g/mol. The maximum atomic E-state index is 13.3. The smallest absolute Gasteiger partial charge is 0.254 e. The molecule has 152 valence electrons. The molecule has 0 bridgehead atoms. The van der Waals surface area contributed by atoms with Gasteiger partial charge in [0.05, 0.1) is 7.11 Å². The highest BCUT2D eigenvalue weighted by atomic mass is 16.5. The Kier molecular flexibility index (Phi) is 5.84. The van der Waals surface area contributed by atoms with Crippen LogP contribution in [0.5, 0.6) is 5.75 Å². The van der Waals surface area contributed by atoms with Crippen LogP contribution in [-0.2, 0) is 4.79 Å².